The average molecular weight is 345 g/mol. The molecular formula is C19H23NO5. The molecule has 2 aromatic rings. The second-order valence-electron chi connectivity index (χ2n) is 6.65. The van der Waals surface area contributed by atoms with E-state index in [-0.39, 0.29) is 29.9 Å². The van der Waals surface area contributed by atoms with Crippen molar-refractivity contribution in [3.8, 4) is 0 Å². The molecular weight excluding hydrogens is 322 g/mol. The molecule has 0 saturated heterocycles. The number of pyridine rings is 1. The Kier molecular flexibility index (Phi) is 5.30. The number of aromatic amines is 1. The molecule has 0 fully saturated rings. The summed E-state index contributed by atoms with van der Waals surface area (Å²) >= 11 is 0. The van der Waals surface area contributed by atoms with Crippen molar-refractivity contribution in [1.82, 2.24) is 4.98 Å². The van der Waals surface area contributed by atoms with Gasteiger partial charge in [0.1, 0.15) is 0 Å². The van der Waals surface area contributed by atoms with E-state index in [4.69, 9.17) is 9.47 Å². The molecule has 0 aliphatic rings. The molecule has 1 aromatic heterocycles. The highest BCUT2D eigenvalue weighted by molar-refractivity contribution is 6.10. The molecule has 6 nitrogen and oxygen atoms in total. The van der Waals surface area contributed by atoms with Crippen molar-refractivity contribution in [3.63, 3.8) is 0 Å². The van der Waals surface area contributed by atoms with Crippen molar-refractivity contribution in [2.75, 3.05) is 13.2 Å². The molecule has 0 atom stereocenters. The minimum atomic E-state index is -0.554. The summed E-state index contributed by atoms with van der Waals surface area (Å²) in [4.78, 5) is 39.7. The Hall–Kier alpha value is -2.63. The van der Waals surface area contributed by atoms with Gasteiger partial charge in [0, 0.05) is 10.9 Å². The summed E-state index contributed by atoms with van der Waals surface area (Å²) in [6.07, 6.45) is 0. The number of fused-ring (bicyclic) bond motifs is 1. The van der Waals surface area contributed by atoms with Crippen LogP contribution < -0.4 is 5.56 Å². The molecule has 0 aliphatic carbocycles. The standard InChI is InChI=1S/C19H23NO5/c1-6-24-17(22)11-8-9-12(18(23)25-7-2)15-13(11)10-14(16(21)20-15)19(3,4)5/h8-10H,6-7H2,1-5H3,(H,20,21). The lowest BCUT2D eigenvalue weighted by atomic mass is 9.86. The number of H-pyrrole nitrogens is 1. The van der Waals surface area contributed by atoms with Crippen molar-refractivity contribution in [2.45, 2.75) is 40.0 Å². The van der Waals surface area contributed by atoms with E-state index in [9.17, 15) is 14.4 Å². The minimum absolute atomic E-state index is 0.211. The number of aromatic nitrogens is 1. The molecule has 1 aromatic carbocycles. The van der Waals surface area contributed by atoms with E-state index in [0.29, 0.717) is 16.5 Å². The zero-order valence-electron chi connectivity index (χ0n) is 15.2. The summed E-state index contributed by atoms with van der Waals surface area (Å²) in [6, 6.07) is 4.65. The van der Waals surface area contributed by atoms with Crippen LogP contribution in [0.5, 0.6) is 0 Å². The van der Waals surface area contributed by atoms with Crippen molar-refractivity contribution in [1.29, 1.82) is 0 Å². The molecule has 134 valence electrons. The summed E-state index contributed by atoms with van der Waals surface area (Å²) in [6.45, 7) is 9.58. The van der Waals surface area contributed by atoms with Crippen LogP contribution in [0.3, 0.4) is 0 Å². The van der Waals surface area contributed by atoms with Crippen LogP contribution in [0.2, 0.25) is 0 Å². The summed E-state index contributed by atoms with van der Waals surface area (Å²) < 4.78 is 10.1. The summed E-state index contributed by atoms with van der Waals surface area (Å²) in [5.41, 5.74) is 0.586. The Bertz CT molecular complexity index is 874. The monoisotopic (exact) mass is 345 g/mol. The number of esters is 2. The maximum absolute atomic E-state index is 12.5. The van der Waals surface area contributed by atoms with E-state index < -0.39 is 17.4 Å². The van der Waals surface area contributed by atoms with E-state index in [1.807, 2.05) is 20.8 Å². The summed E-state index contributed by atoms with van der Waals surface area (Å²) in [7, 11) is 0. The number of benzene rings is 1. The van der Waals surface area contributed by atoms with Gasteiger partial charge in [0.25, 0.3) is 5.56 Å². The first-order valence-corrected chi connectivity index (χ1v) is 8.25. The molecule has 6 heteroatoms. The second-order valence-corrected chi connectivity index (χ2v) is 6.65. The van der Waals surface area contributed by atoms with Crippen LogP contribution in [0.1, 0.15) is 60.9 Å². The fourth-order valence-corrected chi connectivity index (χ4v) is 2.62. The van der Waals surface area contributed by atoms with E-state index in [0.717, 1.165) is 0 Å². The number of ether oxygens (including phenoxy) is 2. The van der Waals surface area contributed by atoms with Crippen LogP contribution in [-0.4, -0.2) is 30.1 Å². The first-order chi connectivity index (χ1) is 11.7. The lowest BCUT2D eigenvalue weighted by molar-refractivity contribution is 0.0514. The van der Waals surface area contributed by atoms with Gasteiger partial charge in [-0.2, -0.15) is 0 Å². The Labute approximate surface area is 146 Å². The first-order valence-electron chi connectivity index (χ1n) is 8.25. The number of carbonyl (C=O) groups excluding carboxylic acids is 2. The van der Waals surface area contributed by atoms with Gasteiger partial charge in [-0.1, -0.05) is 20.8 Å². The van der Waals surface area contributed by atoms with Gasteiger partial charge in [-0.15, -0.1) is 0 Å². The fourth-order valence-electron chi connectivity index (χ4n) is 2.62. The average Bonchev–Trinajstić information content (AvgIpc) is 2.52. The topological polar surface area (TPSA) is 85.5 Å². The highest BCUT2D eigenvalue weighted by Gasteiger charge is 2.23. The van der Waals surface area contributed by atoms with Gasteiger partial charge in [-0.25, -0.2) is 9.59 Å². The third-order valence-corrected chi connectivity index (χ3v) is 3.82. The molecule has 1 N–H and O–H groups in total. The zero-order valence-corrected chi connectivity index (χ0v) is 15.2. The van der Waals surface area contributed by atoms with Crippen LogP contribution in [0.25, 0.3) is 10.9 Å². The molecule has 1 heterocycles. The van der Waals surface area contributed by atoms with E-state index >= 15 is 0 Å². The van der Waals surface area contributed by atoms with Gasteiger partial charge in [-0.05, 0) is 37.5 Å². The molecule has 0 unspecified atom stereocenters. The zero-order chi connectivity index (χ0) is 18.8. The van der Waals surface area contributed by atoms with Crippen LogP contribution in [0.15, 0.2) is 23.0 Å². The lowest BCUT2D eigenvalue weighted by Gasteiger charge is -2.19. The lowest BCUT2D eigenvalue weighted by Crippen LogP contribution is -2.25. The molecule has 0 spiro atoms. The Morgan fingerprint density at radius 1 is 1.00 bits per heavy atom. The van der Waals surface area contributed by atoms with Crippen LogP contribution in [0.4, 0.5) is 0 Å². The van der Waals surface area contributed by atoms with Gasteiger partial charge >= 0.3 is 11.9 Å². The predicted molar refractivity (Wildman–Crippen MR) is 95.2 cm³/mol. The van der Waals surface area contributed by atoms with Crippen molar-refractivity contribution in [3.05, 3.63) is 45.2 Å². The molecule has 2 rings (SSSR count). The summed E-state index contributed by atoms with van der Waals surface area (Å²) in [5.74, 6) is -1.06. The van der Waals surface area contributed by atoms with Crippen LogP contribution in [-0.2, 0) is 14.9 Å². The van der Waals surface area contributed by atoms with Crippen molar-refractivity contribution in [2.24, 2.45) is 0 Å². The largest absolute Gasteiger partial charge is 0.462 e. The predicted octanol–water partition coefficient (Wildman–Crippen LogP) is 3.18. The number of hydrogen-bond acceptors (Lipinski definition) is 5. The molecule has 0 bridgehead atoms. The van der Waals surface area contributed by atoms with Gasteiger partial charge in [0.15, 0.2) is 0 Å². The van der Waals surface area contributed by atoms with Gasteiger partial charge < -0.3 is 14.5 Å². The number of nitrogens with one attached hydrogen (secondary N) is 1. The van der Waals surface area contributed by atoms with Crippen molar-refractivity contribution >= 4 is 22.8 Å². The quantitative estimate of drug-likeness (QED) is 0.860. The van der Waals surface area contributed by atoms with E-state index in [2.05, 4.69) is 4.98 Å². The molecule has 0 aliphatic heterocycles. The highest BCUT2D eigenvalue weighted by Crippen LogP contribution is 2.27. The number of hydrogen-bond donors (Lipinski definition) is 1. The fraction of sp³-hybridized carbons (Fsp3) is 0.421. The maximum atomic E-state index is 12.5. The van der Waals surface area contributed by atoms with Gasteiger partial charge in [0.05, 0.1) is 29.9 Å². The number of rotatable bonds is 4. The van der Waals surface area contributed by atoms with E-state index in [1.165, 1.54) is 12.1 Å². The minimum Gasteiger partial charge on any atom is -0.462 e. The molecule has 0 saturated carbocycles. The van der Waals surface area contributed by atoms with Crippen LogP contribution in [0, 0.1) is 0 Å². The third-order valence-electron chi connectivity index (χ3n) is 3.82. The first kappa shape index (κ1) is 18.7. The smallest absolute Gasteiger partial charge is 0.340 e. The van der Waals surface area contributed by atoms with Gasteiger partial charge in [0.2, 0.25) is 0 Å². The van der Waals surface area contributed by atoms with Gasteiger partial charge in [-0.3, -0.25) is 4.79 Å². The third kappa shape index (κ3) is 3.73. The Morgan fingerprint density at radius 2 is 1.52 bits per heavy atom. The highest BCUT2D eigenvalue weighted by atomic mass is 16.5. The van der Waals surface area contributed by atoms with Crippen molar-refractivity contribution < 1.29 is 19.1 Å². The molecule has 0 radical (unpaired) electrons. The molecule has 25 heavy (non-hydrogen) atoms. The normalized spacial score (nSPS) is 11.4. The Morgan fingerprint density at radius 3 is 2.04 bits per heavy atom. The number of carbonyl (C=O) groups is 2. The second kappa shape index (κ2) is 7.09. The molecule has 0 amide bonds. The Balaban J connectivity index is 2.83. The maximum Gasteiger partial charge on any atom is 0.340 e. The van der Waals surface area contributed by atoms with Crippen LogP contribution >= 0.6 is 0 Å². The van der Waals surface area contributed by atoms with E-state index in [1.54, 1.807) is 19.9 Å². The SMILES string of the molecule is CCOC(=O)c1ccc(C(=O)OCC)c2[nH]c(=O)c(C(C)(C)C)cc12. The summed E-state index contributed by atoms with van der Waals surface area (Å²) in [5, 5.41) is 0.466.